The van der Waals surface area contributed by atoms with Crippen molar-refractivity contribution in [3.63, 3.8) is 0 Å². The van der Waals surface area contributed by atoms with E-state index in [1.807, 2.05) is 0 Å². The van der Waals surface area contributed by atoms with Crippen LogP contribution in [0.25, 0.3) is 0 Å². The summed E-state index contributed by atoms with van der Waals surface area (Å²) in [5.74, 6) is -0.190. The third-order valence-corrected chi connectivity index (χ3v) is 2.27. The summed E-state index contributed by atoms with van der Waals surface area (Å²) in [5.41, 5.74) is 5.15. The van der Waals surface area contributed by atoms with E-state index in [1.165, 1.54) is 12.1 Å². The third-order valence-electron chi connectivity index (χ3n) is 1.73. The molecule has 6 nitrogen and oxygen atoms in total. The molecule has 1 aromatic carbocycles. The minimum Gasteiger partial charge on any atom is -0.393 e. The van der Waals surface area contributed by atoms with Gasteiger partial charge in [0.1, 0.15) is 11.5 Å². The molecule has 1 rings (SSSR count). The predicted molar refractivity (Wildman–Crippen MR) is 61.5 cm³/mol. The van der Waals surface area contributed by atoms with Crippen molar-refractivity contribution < 1.29 is 4.92 Å². The highest BCUT2D eigenvalue weighted by Gasteiger charge is 2.19. The summed E-state index contributed by atoms with van der Waals surface area (Å²) in [7, 11) is 0. The standard InChI is InChI=1S/C7H7ClN4O2S/c8-3-1-2-4(12(13)14)6(9)5(3)7(10)11-15/h1-2,15H,9H2,(H2,10,11). The SMILES string of the molecule is N=C(NS)c1c(Cl)ccc([N+](=O)[O-])c1N. The van der Waals surface area contributed by atoms with E-state index in [1.54, 1.807) is 0 Å². The summed E-state index contributed by atoms with van der Waals surface area (Å²) in [6.45, 7) is 0. The van der Waals surface area contributed by atoms with Crippen LogP contribution >= 0.6 is 24.4 Å². The Kier molecular flexibility index (Phi) is 3.38. The largest absolute Gasteiger partial charge is 0.393 e. The molecule has 0 amide bonds. The second-order valence-corrected chi connectivity index (χ2v) is 3.23. The highest BCUT2D eigenvalue weighted by atomic mass is 35.5. The van der Waals surface area contributed by atoms with Gasteiger partial charge < -0.3 is 10.5 Å². The molecule has 8 heteroatoms. The van der Waals surface area contributed by atoms with E-state index < -0.39 is 4.92 Å². The van der Waals surface area contributed by atoms with Gasteiger partial charge in [-0.25, -0.2) is 0 Å². The molecule has 0 spiro atoms. The van der Waals surface area contributed by atoms with Crippen LogP contribution in [0.3, 0.4) is 0 Å². The van der Waals surface area contributed by atoms with Gasteiger partial charge in [0.15, 0.2) is 0 Å². The predicted octanol–water partition coefficient (Wildman–Crippen LogP) is 1.59. The van der Waals surface area contributed by atoms with Gasteiger partial charge in [-0.15, -0.1) is 0 Å². The maximum Gasteiger partial charge on any atom is 0.292 e. The average Bonchev–Trinajstić information content (AvgIpc) is 2.16. The molecular formula is C7H7ClN4O2S. The van der Waals surface area contributed by atoms with Crippen molar-refractivity contribution in [3.05, 3.63) is 32.8 Å². The van der Waals surface area contributed by atoms with E-state index >= 15 is 0 Å². The summed E-state index contributed by atoms with van der Waals surface area (Å²) >= 11 is 9.41. The second-order valence-electron chi connectivity index (χ2n) is 2.60. The molecule has 0 radical (unpaired) electrons. The maximum atomic E-state index is 10.6. The summed E-state index contributed by atoms with van der Waals surface area (Å²) in [4.78, 5) is 9.93. The van der Waals surface area contributed by atoms with Gasteiger partial charge in [-0.3, -0.25) is 15.5 Å². The van der Waals surface area contributed by atoms with Crippen LogP contribution in [-0.2, 0) is 0 Å². The molecule has 15 heavy (non-hydrogen) atoms. The Morgan fingerprint density at radius 1 is 1.67 bits per heavy atom. The number of nitro groups is 1. The van der Waals surface area contributed by atoms with Crippen molar-refractivity contribution in [1.82, 2.24) is 4.72 Å². The first-order chi connectivity index (χ1) is 6.99. The lowest BCUT2D eigenvalue weighted by molar-refractivity contribution is -0.383. The Morgan fingerprint density at radius 2 is 2.27 bits per heavy atom. The lowest BCUT2D eigenvalue weighted by atomic mass is 10.1. The van der Waals surface area contributed by atoms with E-state index in [4.69, 9.17) is 22.7 Å². The second kappa shape index (κ2) is 4.37. The van der Waals surface area contributed by atoms with Gasteiger partial charge in [-0.05, 0) is 6.07 Å². The van der Waals surface area contributed by atoms with Gasteiger partial charge in [0, 0.05) is 6.07 Å². The zero-order valence-electron chi connectivity index (χ0n) is 7.32. The fourth-order valence-electron chi connectivity index (χ4n) is 1.05. The van der Waals surface area contributed by atoms with E-state index in [0.29, 0.717) is 0 Å². The monoisotopic (exact) mass is 246 g/mol. The molecule has 80 valence electrons. The van der Waals surface area contributed by atoms with Crippen molar-refractivity contribution in [2.24, 2.45) is 0 Å². The fourth-order valence-corrected chi connectivity index (χ4v) is 1.42. The molecule has 1 aromatic rings. The Labute approximate surface area is 95.6 Å². The Bertz CT molecular complexity index is 437. The average molecular weight is 247 g/mol. The number of hydrogen-bond donors (Lipinski definition) is 4. The molecule has 0 heterocycles. The van der Waals surface area contributed by atoms with Gasteiger partial charge in [0.05, 0.1) is 15.5 Å². The molecule has 0 aliphatic heterocycles. The molecule has 0 bridgehead atoms. The first-order valence-electron chi connectivity index (χ1n) is 3.70. The Morgan fingerprint density at radius 3 is 2.73 bits per heavy atom. The summed E-state index contributed by atoms with van der Waals surface area (Å²) < 4.78 is 2.22. The van der Waals surface area contributed by atoms with Crippen LogP contribution in [0.1, 0.15) is 5.56 Å². The van der Waals surface area contributed by atoms with Gasteiger partial charge in [-0.2, -0.15) is 0 Å². The number of halogens is 1. The number of benzene rings is 1. The zero-order chi connectivity index (χ0) is 11.6. The minimum absolute atomic E-state index is 0.0702. The van der Waals surface area contributed by atoms with Crippen LogP contribution in [0.4, 0.5) is 11.4 Å². The molecule has 0 unspecified atom stereocenters. The van der Waals surface area contributed by atoms with Crippen LogP contribution in [0.5, 0.6) is 0 Å². The molecule has 4 N–H and O–H groups in total. The van der Waals surface area contributed by atoms with Gasteiger partial charge in [-0.1, -0.05) is 24.4 Å². The van der Waals surface area contributed by atoms with Crippen molar-refractivity contribution in [3.8, 4) is 0 Å². The Hall–Kier alpha value is -1.47. The normalized spacial score (nSPS) is 9.73. The van der Waals surface area contributed by atoms with Gasteiger partial charge in [0.25, 0.3) is 5.69 Å². The van der Waals surface area contributed by atoms with Crippen molar-refractivity contribution in [2.45, 2.75) is 0 Å². The first kappa shape index (κ1) is 11.6. The number of hydrogen-bond acceptors (Lipinski definition) is 5. The number of nitrogens with two attached hydrogens (primary N) is 1. The number of anilines is 1. The van der Waals surface area contributed by atoms with Crippen LogP contribution in [0.15, 0.2) is 12.1 Å². The fraction of sp³-hybridized carbons (Fsp3) is 0. The summed E-state index contributed by atoms with van der Waals surface area (Å²) in [5, 5.41) is 18.1. The van der Waals surface area contributed by atoms with Gasteiger partial charge in [0.2, 0.25) is 0 Å². The number of amidine groups is 1. The van der Waals surface area contributed by atoms with E-state index in [2.05, 4.69) is 17.5 Å². The van der Waals surface area contributed by atoms with Crippen LogP contribution in [0, 0.1) is 15.5 Å². The number of nitro benzene ring substituents is 1. The minimum atomic E-state index is -0.638. The number of rotatable bonds is 2. The molecule has 0 aliphatic carbocycles. The molecule has 0 aromatic heterocycles. The number of nitrogen functional groups attached to an aromatic ring is 1. The lowest BCUT2D eigenvalue weighted by Crippen LogP contribution is -2.16. The lowest BCUT2D eigenvalue weighted by Gasteiger charge is -2.08. The molecule has 0 fully saturated rings. The molecule has 0 atom stereocenters. The summed E-state index contributed by atoms with van der Waals surface area (Å²) in [6.07, 6.45) is 0. The van der Waals surface area contributed by atoms with Gasteiger partial charge >= 0.3 is 0 Å². The number of nitrogens with zero attached hydrogens (tertiary/aromatic N) is 1. The first-order valence-corrected chi connectivity index (χ1v) is 4.53. The van der Waals surface area contributed by atoms with E-state index in [-0.39, 0.29) is 27.8 Å². The molecule has 0 saturated heterocycles. The topological polar surface area (TPSA) is 105 Å². The smallest absolute Gasteiger partial charge is 0.292 e. The molecular weight excluding hydrogens is 240 g/mol. The number of thiol groups is 1. The number of nitrogens with one attached hydrogen (secondary N) is 2. The highest BCUT2D eigenvalue weighted by molar-refractivity contribution is 7.78. The van der Waals surface area contributed by atoms with E-state index in [0.717, 1.165) is 0 Å². The maximum absolute atomic E-state index is 10.6. The van der Waals surface area contributed by atoms with Crippen LogP contribution < -0.4 is 10.5 Å². The zero-order valence-corrected chi connectivity index (χ0v) is 8.97. The van der Waals surface area contributed by atoms with Crippen LogP contribution in [0.2, 0.25) is 5.02 Å². The summed E-state index contributed by atoms with van der Waals surface area (Å²) in [6, 6.07) is 2.50. The van der Waals surface area contributed by atoms with Crippen molar-refractivity contribution in [1.29, 1.82) is 5.41 Å². The van der Waals surface area contributed by atoms with Crippen molar-refractivity contribution in [2.75, 3.05) is 5.73 Å². The molecule has 0 saturated carbocycles. The Balaban J connectivity index is 3.43. The van der Waals surface area contributed by atoms with E-state index in [9.17, 15) is 10.1 Å². The highest BCUT2D eigenvalue weighted by Crippen LogP contribution is 2.30. The van der Waals surface area contributed by atoms with Crippen LogP contribution in [-0.4, -0.2) is 10.8 Å². The van der Waals surface area contributed by atoms with Crippen molar-refractivity contribution >= 4 is 41.6 Å². The molecule has 0 aliphatic rings. The quantitative estimate of drug-likeness (QED) is 0.159. The third kappa shape index (κ3) is 2.13.